The maximum Gasteiger partial charge on any atom is 0.328 e. The number of nitrogens with zero attached hydrogens (tertiary/aromatic N) is 2. The minimum Gasteiger partial charge on any atom is -0.352 e. The van der Waals surface area contributed by atoms with Crippen molar-refractivity contribution < 1.29 is 4.79 Å². The zero-order chi connectivity index (χ0) is 19.1. The van der Waals surface area contributed by atoms with Crippen LogP contribution in [-0.2, 0) is 13.0 Å². The average Bonchev–Trinajstić information content (AvgIpc) is 2.70. The number of pyridine rings is 1. The highest BCUT2D eigenvalue weighted by Crippen LogP contribution is 2.01. The third-order valence-corrected chi connectivity index (χ3v) is 4.12. The maximum atomic E-state index is 12.5. The molecule has 1 aromatic carbocycles. The van der Waals surface area contributed by atoms with Crippen molar-refractivity contribution in [2.45, 2.75) is 19.4 Å². The highest BCUT2D eigenvalue weighted by molar-refractivity contribution is 5.93. The molecule has 0 spiro atoms. The van der Waals surface area contributed by atoms with Gasteiger partial charge >= 0.3 is 5.69 Å². The summed E-state index contributed by atoms with van der Waals surface area (Å²) >= 11 is 0. The molecule has 2 aromatic heterocycles. The predicted molar refractivity (Wildman–Crippen MR) is 102 cm³/mol. The highest BCUT2D eigenvalue weighted by Gasteiger charge is 2.14. The number of aryl methyl sites for hydroxylation is 1. The highest BCUT2D eigenvalue weighted by atomic mass is 16.2. The van der Waals surface area contributed by atoms with Gasteiger partial charge in [-0.2, -0.15) is 0 Å². The molecule has 27 heavy (non-hydrogen) atoms. The van der Waals surface area contributed by atoms with E-state index in [0.29, 0.717) is 12.2 Å². The Kier molecular flexibility index (Phi) is 5.94. The number of hydrogen-bond donors (Lipinski definition) is 2. The molecule has 3 aromatic rings. The summed E-state index contributed by atoms with van der Waals surface area (Å²) in [5.41, 5.74) is 0.445. The van der Waals surface area contributed by atoms with E-state index in [2.05, 4.69) is 15.3 Å². The summed E-state index contributed by atoms with van der Waals surface area (Å²) in [5.74, 6) is -0.501. The van der Waals surface area contributed by atoms with Crippen LogP contribution in [0.25, 0.3) is 0 Å². The number of carbonyl (C=O) groups excluding carboxylic acids is 1. The van der Waals surface area contributed by atoms with Gasteiger partial charge in [0.25, 0.3) is 11.5 Å². The number of nitrogens with one attached hydrogen (secondary N) is 2. The van der Waals surface area contributed by atoms with Crippen LogP contribution in [0.15, 0.2) is 70.5 Å². The summed E-state index contributed by atoms with van der Waals surface area (Å²) in [6, 6.07) is 15.2. The van der Waals surface area contributed by atoms with E-state index in [1.165, 1.54) is 5.56 Å². The lowest BCUT2D eigenvalue weighted by Crippen LogP contribution is -2.41. The molecule has 1 amide bonds. The van der Waals surface area contributed by atoms with Crippen LogP contribution in [0.4, 0.5) is 0 Å². The van der Waals surface area contributed by atoms with Crippen molar-refractivity contribution in [3.05, 3.63) is 98.6 Å². The fraction of sp³-hybridized carbons (Fsp3) is 0.200. The molecule has 0 unspecified atom stereocenters. The smallest absolute Gasteiger partial charge is 0.328 e. The number of amides is 1. The van der Waals surface area contributed by atoms with Gasteiger partial charge < -0.3 is 10.3 Å². The van der Waals surface area contributed by atoms with Gasteiger partial charge in [-0.05, 0) is 30.5 Å². The Balaban J connectivity index is 1.65. The van der Waals surface area contributed by atoms with Crippen molar-refractivity contribution >= 4 is 5.91 Å². The Labute approximate surface area is 155 Å². The van der Waals surface area contributed by atoms with Gasteiger partial charge in [-0.1, -0.05) is 36.4 Å². The van der Waals surface area contributed by atoms with Crippen LogP contribution in [0, 0.1) is 0 Å². The number of benzene rings is 1. The molecule has 0 bridgehead atoms. The monoisotopic (exact) mass is 364 g/mol. The number of rotatable bonds is 7. The van der Waals surface area contributed by atoms with E-state index in [1.54, 1.807) is 24.4 Å². The van der Waals surface area contributed by atoms with Crippen LogP contribution in [-0.4, -0.2) is 27.0 Å². The van der Waals surface area contributed by atoms with Crippen molar-refractivity contribution in [1.29, 1.82) is 0 Å². The Morgan fingerprint density at radius 3 is 2.59 bits per heavy atom. The zero-order valence-corrected chi connectivity index (χ0v) is 14.7. The van der Waals surface area contributed by atoms with Gasteiger partial charge in [-0.3, -0.25) is 19.1 Å². The molecule has 0 saturated heterocycles. The van der Waals surface area contributed by atoms with Crippen molar-refractivity contribution in [1.82, 2.24) is 19.9 Å². The first-order valence-corrected chi connectivity index (χ1v) is 8.69. The Morgan fingerprint density at radius 1 is 1.07 bits per heavy atom. The minimum atomic E-state index is -0.634. The molecule has 2 N–H and O–H groups in total. The molecular weight excluding hydrogens is 344 g/mol. The topological polar surface area (TPSA) is 96.8 Å². The molecule has 0 saturated carbocycles. The molecule has 0 aliphatic rings. The number of H-pyrrole nitrogens is 1. The maximum absolute atomic E-state index is 12.5. The lowest BCUT2D eigenvalue weighted by atomic mass is 10.1. The number of aromatic amines is 1. The van der Waals surface area contributed by atoms with E-state index in [0.717, 1.165) is 23.6 Å². The van der Waals surface area contributed by atoms with E-state index < -0.39 is 17.2 Å². The van der Waals surface area contributed by atoms with Crippen LogP contribution >= 0.6 is 0 Å². The van der Waals surface area contributed by atoms with Gasteiger partial charge in [-0.25, -0.2) is 4.79 Å². The van der Waals surface area contributed by atoms with Crippen LogP contribution in [0.5, 0.6) is 0 Å². The molecule has 7 nitrogen and oxygen atoms in total. The van der Waals surface area contributed by atoms with Crippen molar-refractivity contribution in [2.24, 2.45) is 0 Å². The largest absolute Gasteiger partial charge is 0.352 e. The molecule has 3 rings (SSSR count). The summed E-state index contributed by atoms with van der Waals surface area (Å²) in [6.07, 6.45) is 4.32. The number of aromatic nitrogens is 3. The third kappa shape index (κ3) is 4.78. The van der Waals surface area contributed by atoms with Crippen molar-refractivity contribution in [3.63, 3.8) is 0 Å². The summed E-state index contributed by atoms with van der Waals surface area (Å²) in [6.45, 7) is 0.441. The van der Waals surface area contributed by atoms with Gasteiger partial charge in [0.1, 0.15) is 5.56 Å². The van der Waals surface area contributed by atoms with E-state index >= 15 is 0 Å². The SMILES string of the molecule is O=C(NCCCc1ccccc1)c1c[nH]c(=O)n(Cc2ccccn2)c1=O. The predicted octanol–water partition coefficient (Wildman–Crippen LogP) is 1.34. The second-order valence-electron chi connectivity index (χ2n) is 6.06. The molecule has 7 heteroatoms. The molecule has 0 aliphatic heterocycles. The number of hydrogen-bond acceptors (Lipinski definition) is 4. The van der Waals surface area contributed by atoms with E-state index in [9.17, 15) is 14.4 Å². The lowest BCUT2D eigenvalue weighted by molar-refractivity contribution is 0.0950. The fourth-order valence-electron chi connectivity index (χ4n) is 2.71. The first-order chi connectivity index (χ1) is 13.1. The first kappa shape index (κ1) is 18.3. The van der Waals surface area contributed by atoms with Crippen molar-refractivity contribution in [3.8, 4) is 0 Å². The summed E-state index contributed by atoms with van der Waals surface area (Å²) in [5, 5.41) is 2.73. The van der Waals surface area contributed by atoms with Gasteiger partial charge in [0, 0.05) is 18.9 Å². The van der Waals surface area contributed by atoms with Gasteiger partial charge in [0.2, 0.25) is 0 Å². The van der Waals surface area contributed by atoms with E-state index in [1.807, 2.05) is 30.3 Å². The molecule has 0 fully saturated rings. The van der Waals surface area contributed by atoms with E-state index in [-0.39, 0.29) is 12.1 Å². The summed E-state index contributed by atoms with van der Waals surface area (Å²) < 4.78 is 0.973. The van der Waals surface area contributed by atoms with Crippen LogP contribution in [0.1, 0.15) is 28.0 Å². The molecule has 0 atom stereocenters. The molecule has 0 radical (unpaired) electrons. The van der Waals surface area contributed by atoms with Gasteiger partial charge in [0.15, 0.2) is 0 Å². The Hall–Kier alpha value is -3.48. The normalized spacial score (nSPS) is 10.5. The zero-order valence-electron chi connectivity index (χ0n) is 14.7. The summed E-state index contributed by atoms with van der Waals surface area (Å²) in [7, 11) is 0. The Morgan fingerprint density at radius 2 is 1.85 bits per heavy atom. The standard InChI is InChI=1S/C20H20N4O3/c25-18(22-12-6-9-15-7-2-1-3-8-15)17-13-23-20(27)24(19(17)26)14-16-10-4-5-11-21-16/h1-5,7-8,10-11,13H,6,9,12,14H2,(H,22,25)(H,23,27). The molecular formula is C20H20N4O3. The second-order valence-corrected chi connectivity index (χ2v) is 6.06. The van der Waals surface area contributed by atoms with Crippen LogP contribution in [0.3, 0.4) is 0 Å². The third-order valence-electron chi connectivity index (χ3n) is 4.12. The molecule has 2 heterocycles. The second kappa shape index (κ2) is 8.75. The van der Waals surface area contributed by atoms with Crippen LogP contribution in [0.2, 0.25) is 0 Å². The molecule has 138 valence electrons. The van der Waals surface area contributed by atoms with E-state index in [4.69, 9.17) is 0 Å². The first-order valence-electron chi connectivity index (χ1n) is 8.69. The Bertz CT molecular complexity index is 1010. The van der Waals surface area contributed by atoms with Gasteiger partial charge in [-0.15, -0.1) is 0 Å². The average molecular weight is 364 g/mol. The van der Waals surface area contributed by atoms with Crippen LogP contribution < -0.4 is 16.6 Å². The van der Waals surface area contributed by atoms with Gasteiger partial charge in [0.05, 0.1) is 12.2 Å². The summed E-state index contributed by atoms with van der Waals surface area (Å²) in [4.78, 5) is 43.4. The molecule has 0 aliphatic carbocycles. The van der Waals surface area contributed by atoms with Crippen molar-refractivity contribution in [2.75, 3.05) is 6.54 Å². The quantitative estimate of drug-likeness (QED) is 0.618. The lowest BCUT2D eigenvalue weighted by Gasteiger charge is -2.08. The minimum absolute atomic E-state index is 0.00410. The fourth-order valence-corrected chi connectivity index (χ4v) is 2.71. The number of carbonyl (C=O) groups is 1.